The zero-order valence-electron chi connectivity index (χ0n) is 15.2. The molecule has 0 aromatic heterocycles. The van der Waals surface area contributed by atoms with Crippen LogP contribution >= 0.6 is 0 Å². The van der Waals surface area contributed by atoms with E-state index in [1.165, 1.54) is 24.3 Å². The SMILES string of the molecule is CCc1cccc(NC(=O)CNC(N)=NCc2ccc(OC(F)(F)F)cc2)c1. The van der Waals surface area contributed by atoms with Crippen molar-refractivity contribution >= 4 is 17.6 Å². The summed E-state index contributed by atoms with van der Waals surface area (Å²) in [5.41, 5.74) is 8.15. The highest BCUT2D eigenvalue weighted by Gasteiger charge is 2.30. The lowest BCUT2D eigenvalue weighted by Crippen LogP contribution is -2.37. The van der Waals surface area contributed by atoms with Crippen molar-refractivity contribution < 1.29 is 22.7 Å². The summed E-state index contributed by atoms with van der Waals surface area (Å²) in [5.74, 6) is -0.539. The molecule has 150 valence electrons. The number of alkyl halides is 3. The predicted molar refractivity (Wildman–Crippen MR) is 101 cm³/mol. The molecule has 0 fully saturated rings. The van der Waals surface area contributed by atoms with Gasteiger partial charge in [0, 0.05) is 5.69 Å². The topological polar surface area (TPSA) is 88.7 Å². The van der Waals surface area contributed by atoms with Gasteiger partial charge in [0.1, 0.15) is 5.75 Å². The summed E-state index contributed by atoms with van der Waals surface area (Å²) in [7, 11) is 0. The number of carbonyl (C=O) groups excluding carboxylic acids is 1. The molecule has 0 saturated carbocycles. The van der Waals surface area contributed by atoms with Crippen LogP contribution in [0.25, 0.3) is 0 Å². The van der Waals surface area contributed by atoms with E-state index >= 15 is 0 Å². The van der Waals surface area contributed by atoms with Gasteiger partial charge in [0.2, 0.25) is 5.91 Å². The van der Waals surface area contributed by atoms with Crippen molar-refractivity contribution in [1.29, 1.82) is 0 Å². The lowest BCUT2D eigenvalue weighted by molar-refractivity contribution is -0.274. The van der Waals surface area contributed by atoms with Gasteiger partial charge in [-0.3, -0.25) is 4.79 Å². The Kier molecular flexibility index (Phi) is 7.25. The molecule has 28 heavy (non-hydrogen) atoms. The fourth-order valence-electron chi connectivity index (χ4n) is 2.27. The van der Waals surface area contributed by atoms with E-state index in [2.05, 4.69) is 20.4 Å². The zero-order valence-corrected chi connectivity index (χ0v) is 15.2. The van der Waals surface area contributed by atoms with Gasteiger partial charge in [-0.05, 0) is 41.8 Å². The second-order valence-electron chi connectivity index (χ2n) is 5.85. The smallest absolute Gasteiger partial charge is 0.406 e. The summed E-state index contributed by atoms with van der Waals surface area (Å²) < 4.78 is 40.2. The van der Waals surface area contributed by atoms with Gasteiger partial charge in [0.15, 0.2) is 5.96 Å². The lowest BCUT2D eigenvalue weighted by atomic mass is 10.1. The zero-order chi connectivity index (χ0) is 20.6. The number of nitrogens with two attached hydrogens (primary N) is 1. The van der Waals surface area contributed by atoms with Crippen LogP contribution in [0.15, 0.2) is 53.5 Å². The molecule has 9 heteroatoms. The first-order valence-corrected chi connectivity index (χ1v) is 8.52. The number of hydrogen-bond donors (Lipinski definition) is 3. The molecular weight excluding hydrogens is 373 g/mol. The highest BCUT2D eigenvalue weighted by molar-refractivity contribution is 5.94. The van der Waals surface area contributed by atoms with Crippen molar-refractivity contribution in [2.45, 2.75) is 26.3 Å². The molecule has 0 aliphatic rings. The highest BCUT2D eigenvalue weighted by Crippen LogP contribution is 2.22. The molecule has 2 aromatic carbocycles. The minimum Gasteiger partial charge on any atom is -0.406 e. The standard InChI is InChI=1S/C19H21F3N4O2/c1-2-13-4-3-5-15(10-13)26-17(27)12-25-18(23)24-11-14-6-8-16(9-7-14)28-19(20,21)22/h3-10H,2,11-12H2,1H3,(H,26,27)(H3,23,24,25). The number of nitrogens with one attached hydrogen (secondary N) is 2. The predicted octanol–water partition coefficient (Wildman–Crippen LogP) is 3.19. The van der Waals surface area contributed by atoms with Gasteiger partial charge in [-0.1, -0.05) is 31.2 Å². The Morgan fingerprint density at radius 3 is 2.50 bits per heavy atom. The molecule has 0 spiro atoms. The number of ether oxygens (including phenoxy) is 1. The number of anilines is 1. The normalized spacial score (nSPS) is 11.8. The molecule has 0 heterocycles. The molecule has 0 bridgehead atoms. The van der Waals surface area contributed by atoms with Crippen molar-refractivity contribution in [3.8, 4) is 5.75 Å². The van der Waals surface area contributed by atoms with Crippen LogP contribution in [-0.2, 0) is 17.8 Å². The molecule has 4 N–H and O–H groups in total. The Balaban J connectivity index is 1.79. The van der Waals surface area contributed by atoms with Crippen molar-refractivity contribution in [1.82, 2.24) is 5.32 Å². The average molecular weight is 394 g/mol. The number of rotatable bonds is 7. The van der Waals surface area contributed by atoms with E-state index in [1.54, 1.807) is 6.07 Å². The summed E-state index contributed by atoms with van der Waals surface area (Å²) in [6, 6.07) is 12.8. The first-order chi connectivity index (χ1) is 13.2. The van der Waals surface area contributed by atoms with E-state index in [-0.39, 0.29) is 30.7 Å². The van der Waals surface area contributed by atoms with E-state index in [0.29, 0.717) is 11.3 Å². The highest BCUT2D eigenvalue weighted by atomic mass is 19.4. The number of aryl methyl sites for hydroxylation is 1. The number of halogens is 3. The van der Waals surface area contributed by atoms with Crippen molar-refractivity contribution in [3.63, 3.8) is 0 Å². The minimum absolute atomic E-state index is 0.0491. The lowest BCUT2D eigenvalue weighted by Gasteiger charge is -2.09. The Labute approximate surface area is 160 Å². The fraction of sp³-hybridized carbons (Fsp3) is 0.263. The van der Waals surface area contributed by atoms with E-state index in [9.17, 15) is 18.0 Å². The van der Waals surface area contributed by atoms with E-state index in [1.807, 2.05) is 25.1 Å². The minimum atomic E-state index is -4.73. The molecule has 0 aliphatic heterocycles. The van der Waals surface area contributed by atoms with Crippen molar-refractivity contribution in [2.24, 2.45) is 10.7 Å². The fourth-order valence-corrected chi connectivity index (χ4v) is 2.27. The maximum atomic E-state index is 12.1. The molecule has 2 rings (SSSR count). The summed E-state index contributed by atoms with van der Waals surface area (Å²) in [5, 5.41) is 5.44. The number of carbonyl (C=O) groups is 1. The largest absolute Gasteiger partial charge is 0.573 e. The summed E-state index contributed by atoms with van der Waals surface area (Å²) in [6.07, 6.45) is -3.86. The van der Waals surface area contributed by atoms with Crippen molar-refractivity contribution in [2.75, 3.05) is 11.9 Å². The Morgan fingerprint density at radius 1 is 1.14 bits per heavy atom. The molecule has 6 nitrogen and oxygen atoms in total. The van der Waals surface area contributed by atoms with Crippen LogP contribution < -0.4 is 21.1 Å². The van der Waals surface area contributed by atoms with E-state index in [4.69, 9.17) is 5.73 Å². The number of benzene rings is 2. The molecule has 0 radical (unpaired) electrons. The van der Waals surface area contributed by atoms with Crippen molar-refractivity contribution in [3.05, 3.63) is 59.7 Å². The Hall–Kier alpha value is -3.23. The number of amides is 1. The average Bonchev–Trinajstić information content (AvgIpc) is 2.64. The first-order valence-electron chi connectivity index (χ1n) is 8.52. The van der Waals surface area contributed by atoms with Gasteiger partial charge < -0.3 is 21.1 Å². The molecule has 0 atom stereocenters. The maximum Gasteiger partial charge on any atom is 0.573 e. The van der Waals surface area contributed by atoms with Gasteiger partial charge in [-0.15, -0.1) is 13.2 Å². The number of nitrogens with zero attached hydrogens (tertiary/aromatic N) is 1. The summed E-state index contributed by atoms with van der Waals surface area (Å²) >= 11 is 0. The third kappa shape index (κ3) is 7.56. The quantitative estimate of drug-likeness (QED) is 0.497. The Morgan fingerprint density at radius 2 is 1.86 bits per heavy atom. The first kappa shape index (κ1) is 21.1. The van der Waals surface area contributed by atoms with Crippen LogP contribution in [0.5, 0.6) is 5.75 Å². The van der Waals surface area contributed by atoms with Crippen LogP contribution in [0.3, 0.4) is 0 Å². The van der Waals surface area contributed by atoms with Gasteiger partial charge in [0.25, 0.3) is 0 Å². The molecule has 1 amide bonds. The van der Waals surface area contributed by atoms with E-state index in [0.717, 1.165) is 12.0 Å². The second-order valence-corrected chi connectivity index (χ2v) is 5.85. The van der Waals surface area contributed by atoms with E-state index < -0.39 is 6.36 Å². The second kappa shape index (κ2) is 9.63. The number of aliphatic imine (C=N–C) groups is 1. The third-order valence-electron chi connectivity index (χ3n) is 3.64. The Bertz CT molecular complexity index is 821. The van der Waals surface area contributed by atoms with Crippen LogP contribution in [0.1, 0.15) is 18.1 Å². The number of guanidine groups is 1. The monoisotopic (exact) mass is 394 g/mol. The van der Waals surface area contributed by atoms with Crippen LogP contribution in [-0.4, -0.2) is 24.8 Å². The van der Waals surface area contributed by atoms with Crippen LogP contribution in [0.4, 0.5) is 18.9 Å². The third-order valence-corrected chi connectivity index (χ3v) is 3.64. The maximum absolute atomic E-state index is 12.1. The van der Waals surface area contributed by atoms with Gasteiger partial charge in [-0.25, -0.2) is 4.99 Å². The summed E-state index contributed by atoms with van der Waals surface area (Å²) in [6.45, 7) is 2.10. The molecule has 0 aliphatic carbocycles. The summed E-state index contributed by atoms with van der Waals surface area (Å²) in [4.78, 5) is 16.0. The van der Waals surface area contributed by atoms with Gasteiger partial charge in [-0.2, -0.15) is 0 Å². The molecule has 0 unspecified atom stereocenters. The molecule has 0 saturated heterocycles. The molecular formula is C19H21F3N4O2. The number of hydrogen-bond acceptors (Lipinski definition) is 3. The van der Waals surface area contributed by atoms with Crippen LogP contribution in [0, 0.1) is 0 Å². The van der Waals surface area contributed by atoms with Crippen LogP contribution in [0.2, 0.25) is 0 Å². The molecule has 2 aromatic rings. The van der Waals surface area contributed by atoms with Gasteiger partial charge >= 0.3 is 6.36 Å². The van der Waals surface area contributed by atoms with Gasteiger partial charge in [0.05, 0.1) is 13.1 Å².